The maximum absolute atomic E-state index is 14.0. The Morgan fingerprint density at radius 2 is 1.73 bits per heavy atom. The van der Waals surface area contributed by atoms with Gasteiger partial charge in [-0.1, -0.05) is 18.2 Å². The average molecular weight is 354 g/mol. The van der Waals surface area contributed by atoms with Gasteiger partial charge in [0.15, 0.2) is 0 Å². The zero-order valence-electron chi connectivity index (χ0n) is 14.4. The largest absolute Gasteiger partial charge is 0.355 e. The molecule has 134 valence electrons. The molecule has 0 amide bonds. The molecule has 0 atom stereocenters. The van der Waals surface area contributed by atoms with Gasteiger partial charge in [0.05, 0.1) is 0 Å². The van der Waals surface area contributed by atoms with E-state index in [9.17, 15) is 8.78 Å². The number of para-hydroxylation sites is 1. The van der Waals surface area contributed by atoms with Crippen LogP contribution in [0.3, 0.4) is 0 Å². The molecule has 4 nitrogen and oxygen atoms in total. The summed E-state index contributed by atoms with van der Waals surface area (Å²) in [5, 5.41) is 0.750. The molecule has 0 N–H and O–H groups in total. The van der Waals surface area contributed by atoms with Gasteiger partial charge in [0, 0.05) is 38.1 Å². The molecular formula is C20H20F2N4. The average Bonchev–Trinajstić information content (AvgIpc) is 2.89. The predicted molar refractivity (Wildman–Crippen MR) is 98.0 cm³/mol. The fourth-order valence-electron chi connectivity index (χ4n) is 3.48. The summed E-state index contributed by atoms with van der Waals surface area (Å²) in [5.41, 5.74) is 1.47. The van der Waals surface area contributed by atoms with Gasteiger partial charge in [0.2, 0.25) is 0 Å². The Bertz CT molecular complexity index is 898. The lowest BCUT2D eigenvalue weighted by atomic mass is 10.2. The molecule has 1 aliphatic heterocycles. The number of anilines is 1. The Hall–Kier alpha value is -2.60. The van der Waals surface area contributed by atoms with E-state index in [4.69, 9.17) is 0 Å². The topological polar surface area (TPSA) is 32.3 Å². The van der Waals surface area contributed by atoms with Crippen LogP contribution in [0, 0.1) is 11.6 Å². The van der Waals surface area contributed by atoms with E-state index >= 15 is 0 Å². The summed E-state index contributed by atoms with van der Waals surface area (Å²) in [7, 11) is 0. The van der Waals surface area contributed by atoms with Crippen LogP contribution in [0.15, 0.2) is 48.8 Å². The van der Waals surface area contributed by atoms with Crippen LogP contribution in [0.4, 0.5) is 14.6 Å². The van der Waals surface area contributed by atoms with Gasteiger partial charge in [0.1, 0.15) is 29.3 Å². The molecule has 0 spiro atoms. The molecule has 1 fully saturated rings. The van der Waals surface area contributed by atoms with Crippen LogP contribution in [0.1, 0.15) is 12.0 Å². The van der Waals surface area contributed by atoms with Crippen molar-refractivity contribution in [1.29, 1.82) is 0 Å². The lowest BCUT2D eigenvalue weighted by molar-refractivity contribution is 0.285. The number of halogens is 2. The van der Waals surface area contributed by atoms with Crippen LogP contribution in [-0.2, 0) is 6.54 Å². The van der Waals surface area contributed by atoms with E-state index in [1.54, 1.807) is 6.07 Å². The molecule has 2 heterocycles. The minimum atomic E-state index is -0.320. The number of nitrogens with zero attached hydrogens (tertiary/aromatic N) is 4. The minimum Gasteiger partial charge on any atom is -0.355 e. The summed E-state index contributed by atoms with van der Waals surface area (Å²) in [5.74, 6) is 0.260. The van der Waals surface area contributed by atoms with Gasteiger partial charge < -0.3 is 4.90 Å². The highest BCUT2D eigenvalue weighted by atomic mass is 19.1. The second-order valence-corrected chi connectivity index (χ2v) is 6.58. The van der Waals surface area contributed by atoms with E-state index in [-0.39, 0.29) is 11.6 Å². The summed E-state index contributed by atoms with van der Waals surface area (Å²) in [6.45, 7) is 4.31. The molecule has 0 aliphatic carbocycles. The number of hydrogen-bond acceptors (Lipinski definition) is 4. The van der Waals surface area contributed by atoms with Crippen molar-refractivity contribution in [3.05, 3.63) is 66.0 Å². The quantitative estimate of drug-likeness (QED) is 0.719. The zero-order valence-corrected chi connectivity index (χ0v) is 14.4. The number of aromatic nitrogens is 2. The molecule has 1 aromatic heterocycles. The SMILES string of the molecule is Fc1ccc(CN2CCCN(c3ncnc4c(F)cccc34)CC2)cc1. The van der Waals surface area contributed by atoms with Crippen LogP contribution in [0.25, 0.3) is 10.9 Å². The summed E-state index contributed by atoms with van der Waals surface area (Å²) < 4.78 is 27.1. The van der Waals surface area contributed by atoms with Gasteiger partial charge in [-0.2, -0.15) is 0 Å². The van der Waals surface area contributed by atoms with Crippen molar-refractivity contribution >= 4 is 16.7 Å². The molecule has 2 aromatic carbocycles. The van der Waals surface area contributed by atoms with Crippen molar-refractivity contribution in [3.8, 4) is 0 Å². The van der Waals surface area contributed by atoms with E-state index < -0.39 is 0 Å². The summed E-state index contributed by atoms with van der Waals surface area (Å²) in [4.78, 5) is 13.1. The van der Waals surface area contributed by atoms with E-state index in [0.29, 0.717) is 5.52 Å². The molecular weight excluding hydrogens is 334 g/mol. The second kappa shape index (κ2) is 7.33. The smallest absolute Gasteiger partial charge is 0.149 e. The zero-order chi connectivity index (χ0) is 17.9. The number of hydrogen-bond donors (Lipinski definition) is 0. The maximum atomic E-state index is 14.0. The van der Waals surface area contributed by atoms with E-state index in [1.807, 2.05) is 18.2 Å². The van der Waals surface area contributed by atoms with Gasteiger partial charge in [-0.15, -0.1) is 0 Å². The highest BCUT2D eigenvalue weighted by Gasteiger charge is 2.19. The van der Waals surface area contributed by atoms with Gasteiger partial charge >= 0.3 is 0 Å². The van der Waals surface area contributed by atoms with Crippen LogP contribution in [-0.4, -0.2) is 41.0 Å². The molecule has 1 aliphatic rings. The van der Waals surface area contributed by atoms with Crippen LogP contribution in [0.2, 0.25) is 0 Å². The first kappa shape index (κ1) is 16.8. The Kier molecular flexibility index (Phi) is 4.75. The number of benzene rings is 2. The molecule has 0 bridgehead atoms. The second-order valence-electron chi connectivity index (χ2n) is 6.58. The predicted octanol–water partition coefficient (Wildman–Crippen LogP) is 3.62. The van der Waals surface area contributed by atoms with Gasteiger partial charge in [-0.25, -0.2) is 18.7 Å². The third-order valence-corrected chi connectivity index (χ3v) is 4.80. The van der Waals surface area contributed by atoms with Crippen molar-refractivity contribution in [1.82, 2.24) is 14.9 Å². The maximum Gasteiger partial charge on any atom is 0.149 e. The summed E-state index contributed by atoms with van der Waals surface area (Å²) in [6, 6.07) is 11.7. The van der Waals surface area contributed by atoms with Crippen LogP contribution >= 0.6 is 0 Å². The molecule has 0 saturated carbocycles. The van der Waals surface area contributed by atoms with E-state index in [1.165, 1.54) is 24.5 Å². The van der Waals surface area contributed by atoms with Crippen molar-refractivity contribution in [2.75, 3.05) is 31.1 Å². The molecule has 26 heavy (non-hydrogen) atoms. The highest BCUT2D eigenvalue weighted by Crippen LogP contribution is 2.25. The van der Waals surface area contributed by atoms with Crippen molar-refractivity contribution in [3.63, 3.8) is 0 Å². The molecule has 3 aromatic rings. The van der Waals surface area contributed by atoms with Crippen molar-refractivity contribution in [2.45, 2.75) is 13.0 Å². The van der Waals surface area contributed by atoms with E-state index in [0.717, 1.165) is 55.9 Å². The highest BCUT2D eigenvalue weighted by molar-refractivity contribution is 5.89. The van der Waals surface area contributed by atoms with E-state index in [2.05, 4.69) is 19.8 Å². The van der Waals surface area contributed by atoms with Gasteiger partial charge in [-0.3, -0.25) is 4.90 Å². The first-order valence-corrected chi connectivity index (χ1v) is 8.82. The molecule has 0 radical (unpaired) electrons. The monoisotopic (exact) mass is 354 g/mol. The number of fused-ring (bicyclic) bond motifs is 1. The Balaban J connectivity index is 1.50. The number of rotatable bonds is 3. The molecule has 4 rings (SSSR count). The first-order chi connectivity index (χ1) is 12.7. The molecule has 6 heteroatoms. The Morgan fingerprint density at radius 3 is 2.58 bits per heavy atom. The van der Waals surface area contributed by atoms with Crippen molar-refractivity contribution < 1.29 is 8.78 Å². The molecule has 1 saturated heterocycles. The fraction of sp³-hybridized carbons (Fsp3) is 0.300. The Labute approximate surface area is 151 Å². The summed E-state index contributed by atoms with van der Waals surface area (Å²) in [6.07, 6.45) is 2.42. The Morgan fingerprint density at radius 1 is 0.885 bits per heavy atom. The minimum absolute atomic E-state index is 0.210. The van der Waals surface area contributed by atoms with Crippen LogP contribution < -0.4 is 4.90 Å². The van der Waals surface area contributed by atoms with Gasteiger partial charge in [-0.05, 0) is 36.2 Å². The third kappa shape index (κ3) is 3.51. The fourth-order valence-corrected chi connectivity index (χ4v) is 3.48. The lowest BCUT2D eigenvalue weighted by Crippen LogP contribution is -2.31. The van der Waals surface area contributed by atoms with Crippen molar-refractivity contribution in [2.24, 2.45) is 0 Å². The van der Waals surface area contributed by atoms with Crippen LogP contribution in [0.5, 0.6) is 0 Å². The lowest BCUT2D eigenvalue weighted by Gasteiger charge is -2.23. The standard InChI is InChI=1S/C20H20F2N4/c21-16-7-5-15(6-8-16)13-25-9-2-10-26(12-11-25)20-17-3-1-4-18(22)19(17)23-14-24-20/h1,3-8,14H,2,9-13H2. The van der Waals surface area contributed by atoms with Gasteiger partial charge in [0.25, 0.3) is 0 Å². The first-order valence-electron chi connectivity index (χ1n) is 8.82. The summed E-state index contributed by atoms with van der Waals surface area (Å²) >= 11 is 0. The third-order valence-electron chi connectivity index (χ3n) is 4.80. The molecule has 0 unspecified atom stereocenters. The normalized spacial score (nSPS) is 16.0.